The van der Waals surface area contributed by atoms with Crippen LogP contribution in [0.5, 0.6) is 0 Å². The Balaban J connectivity index is 0.000000339. The molecule has 2 heteroatoms. The number of aromatic nitrogens is 1. The van der Waals surface area contributed by atoms with Crippen molar-refractivity contribution in [2.24, 2.45) is 0 Å². The lowest BCUT2D eigenvalue weighted by molar-refractivity contribution is 0.537. The second-order valence-electron chi connectivity index (χ2n) is 9.47. The number of hydrogen-bond donors (Lipinski definition) is 2. The van der Waals surface area contributed by atoms with Gasteiger partial charge in [-0.05, 0) is 57.0 Å². The van der Waals surface area contributed by atoms with Crippen molar-refractivity contribution in [3.63, 3.8) is 0 Å². The number of hydrogen-bond acceptors (Lipinski definition) is 1. The number of rotatable bonds is 17. The van der Waals surface area contributed by atoms with Crippen molar-refractivity contribution >= 4 is 16.5 Å². The van der Waals surface area contributed by atoms with E-state index in [0.29, 0.717) is 0 Å². The molecule has 0 aliphatic carbocycles. The fourth-order valence-corrected chi connectivity index (χ4v) is 4.24. The number of benzene rings is 1. The summed E-state index contributed by atoms with van der Waals surface area (Å²) in [6.07, 6.45) is 21.9. The summed E-state index contributed by atoms with van der Waals surface area (Å²) in [5, 5.41) is 4.89. The molecule has 182 valence electrons. The third-order valence-corrected chi connectivity index (χ3v) is 6.29. The average Bonchev–Trinajstić information content (AvgIpc) is 3.23. The summed E-state index contributed by atoms with van der Waals surface area (Å²) >= 11 is 0. The van der Waals surface area contributed by atoms with Crippen molar-refractivity contribution in [3.8, 4) is 0 Å². The third kappa shape index (κ3) is 12.5. The SMILES string of the molecule is C=C(C)c1c[nH]c2cccc(C)c12.CCCCCCCCCNCCCCCCCCC. The topological polar surface area (TPSA) is 27.8 Å². The Bertz CT molecular complexity index is 697. The molecule has 0 saturated heterocycles. The molecule has 2 aromatic rings. The molecule has 0 amide bonds. The van der Waals surface area contributed by atoms with Crippen LogP contribution in [0, 0.1) is 6.92 Å². The lowest BCUT2D eigenvalue weighted by atomic mass is 10.0. The van der Waals surface area contributed by atoms with E-state index in [1.807, 2.05) is 13.1 Å². The molecule has 32 heavy (non-hydrogen) atoms. The Morgan fingerprint density at radius 1 is 0.781 bits per heavy atom. The van der Waals surface area contributed by atoms with E-state index < -0.39 is 0 Å². The second-order valence-corrected chi connectivity index (χ2v) is 9.47. The van der Waals surface area contributed by atoms with Gasteiger partial charge >= 0.3 is 0 Å². The first-order valence-electron chi connectivity index (χ1n) is 13.5. The second kappa shape index (κ2) is 19.0. The molecule has 0 saturated carbocycles. The summed E-state index contributed by atoms with van der Waals surface area (Å²) in [5.74, 6) is 0. The van der Waals surface area contributed by atoms with Gasteiger partial charge in [0, 0.05) is 22.7 Å². The Morgan fingerprint density at radius 3 is 1.78 bits per heavy atom. The van der Waals surface area contributed by atoms with Crippen molar-refractivity contribution in [1.82, 2.24) is 10.3 Å². The molecule has 0 spiro atoms. The number of aromatic amines is 1. The smallest absolute Gasteiger partial charge is 0.0462 e. The van der Waals surface area contributed by atoms with Crippen LogP contribution in [-0.2, 0) is 0 Å². The third-order valence-electron chi connectivity index (χ3n) is 6.29. The minimum Gasteiger partial charge on any atom is -0.361 e. The van der Waals surface area contributed by atoms with Crippen LogP contribution in [0.3, 0.4) is 0 Å². The highest BCUT2D eigenvalue weighted by molar-refractivity contribution is 5.94. The van der Waals surface area contributed by atoms with Crippen LogP contribution in [-0.4, -0.2) is 18.1 Å². The first kappa shape index (κ1) is 28.5. The maximum atomic E-state index is 3.97. The van der Waals surface area contributed by atoms with Gasteiger partial charge in [-0.3, -0.25) is 0 Å². The van der Waals surface area contributed by atoms with Gasteiger partial charge in [-0.25, -0.2) is 0 Å². The number of fused-ring (bicyclic) bond motifs is 1. The number of allylic oxidation sites excluding steroid dienone is 1. The highest BCUT2D eigenvalue weighted by Crippen LogP contribution is 2.26. The summed E-state index contributed by atoms with van der Waals surface area (Å²) < 4.78 is 0. The Morgan fingerprint density at radius 2 is 1.28 bits per heavy atom. The van der Waals surface area contributed by atoms with Crippen LogP contribution >= 0.6 is 0 Å². The zero-order valence-corrected chi connectivity index (χ0v) is 21.8. The first-order valence-corrected chi connectivity index (χ1v) is 13.5. The maximum absolute atomic E-state index is 3.97. The van der Waals surface area contributed by atoms with Crippen molar-refractivity contribution in [2.75, 3.05) is 13.1 Å². The molecule has 0 atom stereocenters. The van der Waals surface area contributed by atoms with Gasteiger partial charge in [-0.15, -0.1) is 0 Å². The maximum Gasteiger partial charge on any atom is 0.0462 e. The van der Waals surface area contributed by atoms with Gasteiger partial charge in [0.15, 0.2) is 0 Å². The minimum absolute atomic E-state index is 1.11. The Labute approximate surface area is 199 Å². The molecule has 1 aromatic heterocycles. The van der Waals surface area contributed by atoms with Crippen LogP contribution in [0.1, 0.15) is 122 Å². The molecular formula is C30H52N2. The van der Waals surface area contributed by atoms with E-state index in [9.17, 15) is 0 Å². The lowest BCUT2D eigenvalue weighted by Crippen LogP contribution is -2.16. The lowest BCUT2D eigenvalue weighted by Gasteiger charge is -2.05. The Hall–Kier alpha value is -1.54. The van der Waals surface area contributed by atoms with Crippen LogP contribution in [0.15, 0.2) is 31.0 Å². The standard InChI is InChI=1S/C18H39N.C12H13N/c1-3-5-7-9-11-13-15-17-19-18-16-14-12-10-8-6-4-2;1-8(2)10-7-13-11-6-4-5-9(3)12(10)11/h19H,3-18H2,1-2H3;4-7,13H,1H2,2-3H3. The molecule has 0 aliphatic heterocycles. The molecule has 2 nitrogen and oxygen atoms in total. The van der Waals surface area contributed by atoms with Crippen molar-refractivity contribution in [3.05, 3.63) is 42.1 Å². The fraction of sp³-hybridized carbons (Fsp3) is 0.667. The molecule has 2 rings (SSSR count). The quantitative estimate of drug-likeness (QED) is 0.235. The van der Waals surface area contributed by atoms with Crippen molar-refractivity contribution in [1.29, 1.82) is 0 Å². The molecule has 0 unspecified atom stereocenters. The fourth-order valence-electron chi connectivity index (χ4n) is 4.24. The van der Waals surface area contributed by atoms with Gasteiger partial charge in [0.2, 0.25) is 0 Å². The van der Waals surface area contributed by atoms with E-state index in [0.717, 1.165) is 5.57 Å². The summed E-state index contributed by atoms with van der Waals surface area (Å²) in [6, 6.07) is 6.29. The zero-order chi connectivity index (χ0) is 23.4. The molecule has 0 radical (unpaired) electrons. The largest absolute Gasteiger partial charge is 0.361 e. The van der Waals surface area contributed by atoms with E-state index in [1.165, 1.54) is 125 Å². The van der Waals surface area contributed by atoms with Gasteiger partial charge in [-0.1, -0.05) is 110 Å². The minimum atomic E-state index is 1.11. The van der Waals surface area contributed by atoms with E-state index in [4.69, 9.17) is 0 Å². The molecule has 0 aliphatic rings. The summed E-state index contributed by atoms with van der Waals surface area (Å²) in [4.78, 5) is 3.25. The summed E-state index contributed by atoms with van der Waals surface area (Å²) in [6.45, 7) is 15.2. The predicted octanol–water partition coefficient (Wildman–Crippen LogP) is 9.59. The number of nitrogens with one attached hydrogen (secondary N) is 2. The van der Waals surface area contributed by atoms with E-state index >= 15 is 0 Å². The van der Waals surface area contributed by atoms with Gasteiger partial charge in [0.05, 0.1) is 0 Å². The van der Waals surface area contributed by atoms with Crippen LogP contribution < -0.4 is 5.32 Å². The first-order chi connectivity index (χ1) is 15.6. The molecule has 2 N–H and O–H groups in total. The number of unbranched alkanes of at least 4 members (excludes halogenated alkanes) is 12. The highest BCUT2D eigenvalue weighted by Gasteiger charge is 2.05. The van der Waals surface area contributed by atoms with Crippen LogP contribution in [0.2, 0.25) is 0 Å². The van der Waals surface area contributed by atoms with Gasteiger partial charge in [0.25, 0.3) is 0 Å². The van der Waals surface area contributed by atoms with E-state index in [1.54, 1.807) is 0 Å². The molecule has 1 aromatic carbocycles. The molecule has 1 heterocycles. The van der Waals surface area contributed by atoms with Crippen LogP contribution in [0.25, 0.3) is 16.5 Å². The molecule has 0 bridgehead atoms. The highest BCUT2D eigenvalue weighted by atomic mass is 14.8. The van der Waals surface area contributed by atoms with Gasteiger partial charge < -0.3 is 10.3 Å². The zero-order valence-electron chi connectivity index (χ0n) is 21.8. The van der Waals surface area contributed by atoms with Gasteiger partial charge in [-0.2, -0.15) is 0 Å². The molecular weight excluding hydrogens is 388 g/mol. The monoisotopic (exact) mass is 440 g/mol. The van der Waals surface area contributed by atoms with E-state index in [2.05, 4.69) is 55.9 Å². The number of H-pyrrole nitrogens is 1. The van der Waals surface area contributed by atoms with Gasteiger partial charge in [0.1, 0.15) is 0 Å². The van der Waals surface area contributed by atoms with E-state index in [-0.39, 0.29) is 0 Å². The van der Waals surface area contributed by atoms with Crippen LogP contribution in [0.4, 0.5) is 0 Å². The predicted molar refractivity (Wildman–Crippen MR) is 147 cm³/mol. The van der Waals surface area contributed by atoms with Crippen molar-refractivity contribution < 1.29 is 0 Å². The summed E-state index contributed by atoms with van der Waals surface area (Å²) in [5.41, 5.74) is 4.84. The summed E-state index contributed by atoms with van der Waals surface area (Å²) in [7, 11) is 0. The molecule has 0 fully saturated rings. The normalized spacial score (nSPS) is 10.9. The average molecular weight is 441 g/mol. The van der Waals surface area contributed by atoms with Crippen molar-refractivity contribution in [2.45, 2.75) is 118 Å². The Kier molecular flexibility index (Phi) is 16.9. The number of aryl methyl sites for hydroxylation is 1.